The van der Waals surface area contributed by atoms with Crippen LogP contribution in [0.25, 0.3) is 6.08 Å². The van der Waals surface area contributed by atoms with E-state index in [1.54, 1.807) is 67.6 Å². The Bertz CT molecular complexity index is 2610. The Morgan fingerprint density at radius 3 is 2.12 bits per heavy atom. The van der Waals surface area contributed by atoms with Crippen molar-refractivity contribution in [1.82, 2.24) is 10.2 Å². The largest absolute Gasteiger partial charge is 0.493 e. The van der Waals surface area contributed by atoms with Gasteiger partial charge in [-0.2, -0.15) is 0 Å². The first-order valence-electron chi connectivity index (χ1n) is 20.6. The highest BCUT2D eigenvalue weighted by Crippen LogP contribution is 2.42. The summed E-state index contributed by atoms with van der Waals surface area (Å²) in [6.07, 6.45) is 2.16. The number of thiophene rings is 1. The van der Waals surface area contributed by atoms with Crippen molar-refractivity contribution in [2.75, 3.05) is 45.1 Å². The van der Waals surface area contributed by atoms with Gasteiger partial charge in [-0.3, -0.25) is 19.3 Å². The highest BCUT2D eigenvalue weighted by molar-refractivity contribution is 8.00. The van der Waals surface area contributed by atoms with Gasteiger partial charge < -0.3 is 34.9 Å². The summed E-state index contributed by atoms with van der Waals surface area (Å²) in [5.74, 6) is -0.771. The van der Waals surface area contributed by atoms with Crippen molar-refractivity contribution < 1.29 is 38.1 Å². The van der Waals surface area contributed by atoms with Crippen LogP contribution < -0.4 is 30.2 Å². The molecule has 3 N–H and O–H groups in total. The minimum atomic E-state index is -0.753. The molecule has 0 saturated heterocycles. The average Bonchev–Trinajstić information content (AvgIpc) is 3.68. The first-order chi connectivity index (χ1) is 31.2. The number of ether oxygens (including phenoxy) is 4. The number of thioether (sulfide) groups is 1. The molecule has 2 heterocycles. The van der Waals surface area contributed by atoms with Crippen molar-refractivity contribution in [3.05, 3.63) is 171 Å². The maximum atomic E-state index is 14.5. The van der Waals surface area contributed by atoms with Crippen molar-refractivity contribution in [2.24, 2.45) is 0 Å². The van der Waals surface area contributed by atoms with E-state index in [0.29, 0.717) is 62.5 Å². The lowest BCUT2D eigenvalue weighted by molar-refractivity contribution is -0.116. The van der Waals surface area contributed by atoms with E-state index in [9.17, 15) is 19.2 Å². The number of anilines is 2. The summed E-state index contributed by atoms with van der Waals surface area (Å²) < 4.78 is 22.1. The predicted octanol–water partition coefficient (Wildman–Crippen LogP) is 9.39. The first kappa shape index (κ1) is 45.2. The van der Waals surface area contributed by atoms with Crippen molar-refractivity contribution in [3.63, 3.8) is 0 Å². The molecule has 3 amide bonds. The molecule has 12 nitrogen and oxygen atoms in total. The number of esters is 1. The van der Waals surface area contributed by atoms with E-state index in [1.807, 2.05) is 54.6 Å². The second-order valence-corrected chi connectivity index (χ2v) is 16.9. The second-order valence-electron chi connectivity index (χ2n) is 14.6. The van der Waals surface area contributed by atoms with Crippen molar-refractivity contribution in [1.29, 1.82) is 0 Å². The number of nitrogens with zero attached hydrogens (tertiary/aromatic N) is 1. The number of rotatable bonds is 17. The smallest absolute Gasteiger partial charge is 0.341 e. The molecule has 1 aromatic heterocycles. The van der Waals surface area contributed by atoms with Crippen LogP contribution in [0.15, 0.2) is 138 Å². The molecule has 1 atom stereocenters. The minimum Gasteiger partial charge on any atom is -0.493 e. The van der Waals surface area contributed by atoms with Crippen LogP contribution in [0.5, 0.6) is 17.2 Å². The van der Waals surface area contributed by atoms with E-state index in [1.165, 1.54) is 56.1 Å². The molecule has 0 aliphatic carbocycles. The maximum absolute atomic E-state index is 14.5. The standard InChI is InChI=1S/C50H48N4O8S2/c1-5-62-50(58)43-38-24-25-54(30-32-16-9-6-10-17-32)31-42(38)64-49(43)53-48(57)45(34-18-11-7-12-19-34)63-37-23-15-22-36(29-37)51-47(56)39(52-46(55)35-20-13-8-14-21-35)26-33-27-40(59-2)44(61-4)41(28-33)60-3/h6-23,26-29,45H,5,24-25,30-31H2,1-4H3,(H,51,56)(H,52,55)(H,53,57)/b39-26+. The van der Waals surface area contributed by atoms with Gasteiger partial charge in [-0.15, -0.1) is 23.1 Å². The molecule has 64 heavy (non-hydrogen) atoms. The van der Waals surface area contributed by atoms with Crippen LogP contribution in [-0.2, 0) is 33.8 Å². The molecule has 0 spiro atoms. The number of amides is 3. The summed E-state index contributed by atoms with van der Waals surface area (Å²) in [7, 11) is 4.47. The van der Waals surface area contributed by atoms with Gasteiger partial charge in [0.25, 0.3) is 11.8 Å². The van der Waals surface area contributed by atoms with Gasteiger partial charge in [0.05, 0.1) is 33.5 Å². The number of fused-ring (bicyclic) bond motifs is 1. The SMILES string of the molecule is CCOC(=O)c1c(NC(=O)C(Sc2cccc(NC(=O)/C(=C\c3cc(OC)c(OC)c(OC)c3)NC(=O)c3ccccc3)c2)c2ccccc2)sc2c1CCN(Cc1ccccc1)C2. The van der Waals surface area contributed by atoms with E-state index in [4.69, 9.17) is 18.9 Å². The van der Waals surface area contributed by atoms with E-state index in [-0.39, 0.29) is 18.2 Å². The van der Waals surface area contributed by atoms with Crippen molar-refractivity contribution in [2.45, 2.75) is 36.6 Å². The lowest BCUT2D eigenvalue weighted by Gasteiger charge is -2.27. The summed E-state index contributed by atoms with van der Waals surface area (Å²) in [4.78, 5) is 59.6. The Hall–Kier alpha value is -6.87. The van der Waals surface area contributed by atoms with Crippen LogP contribution in [0.1, 0.15) is 60.0 Å². The fourth-order valence-electron chi connectivity index (χ4n) is 7.29. The number of hydrogen-bond acceptors (Lipinski definition) is 11. The van der Waals surface area contributed by atoms with Gasteiger partial charge in [0.15, 0.2) is 11.5 Å². The zero-order valence-electron chi connectivity index (χ0n) is 35.8. The molecule has 14 heteroatoms. The highest BCUT2D eigenvalue weighted by atomic mass is 32.2. The van der Waals surface area contributed by atoms with Crippen LogP contribution in [0.4, 0.5) is 10.7 Å². The van der Waals surface area contributed by atoms with Gasteiger partial charge in [-0.25, -0.2) is 4.79 Å². The van der Waals surface area contributed by atoms with Crippen LogP contribution in [0, 0.1) is 0 Å². The third-order valence-corrected chi connectivity index (χ3v) is 12.7. The lowest BCUT2D eigenvalue weighted by atomic mass is 10.0. The molecule has 1 unspecified atom stereocenters. The van der Waals surface area contributed by atoms with Crippen LogP contribution in [0.3, 0.4) is 0 Å². The summed E-state index contributed by atoms with van der Waals surface area (Å²) in [6, 6.07) is 38.6. The van der Waals surface area contributed by atoms with E-state index < -0.39 is 23.0 Å². The molecule has 1 aliphatic heterocycles. The van der Waals surface area contributed by atoms with Crippen LogP contribution in [0.2, 0.25) is 0 Å². The van der Waals surface area contributed by atoms with Crippen LogP contribution in [-0.4, -0.2) is 63.1 Å². The van der Waals surface area contributed by atoms with Gasteiger partial charge in [-0.1, -0.05) is 84.9 Å². The normalized spacial score (nSPS) is 12.9. The maximum Gasteiger partial charge on any atom is 0.341 e. The Morgan fingerprint density at radius 2 is 1.47 bits per heavy atom. The molecule has 328 valence electrons. The minimum absolute atomic E-state index is 0.0537. The molecule has 0 saturated carbocycles. The Morgan fingerprint density at radius 1 is 0.797 bits per heavy atom. The topological polar surface area (TPSA) is 145 Å². The number of carbonyl (C=O) groups excluding carboxylic acids is 4. The number of carbonyl (C=O) groups is 4. The summed E-state index contributed by atoms with van der Waals surface area (Å²) in [5.41, 5.74) is 4.49. The van der Waals surface area contributed by atoms with Gasteiger partial charge in [0.1, 0.15) is 15.9 Å². The molecule has 6 aromatic rings. The molecule has 5 aromatic carbocycles. The lowest BCUT2D eigenvalue weighted by Crippen LogP contribution is -2.30. The zero-order valence-corrected chi connectivity index (χ0v) is 37.5. The summed E-state index contributed by atoms with van der Waals surface area (Å²) in [6.45, 7) is 4.14. The zero-order chi connectivity index (χ0) is 45.0. The van der Waals surface area contributed by atoms with E-state index in [0.717, 1.165) is 29.1 Å². The van der Waals surface area contributed by atoms with Crippen molar-refractivity contribution in [3.8, 4) is 17.2 Å². The first-order valence-corrected chi connectivity index (χ1v) is 22.3. The Labute approximate surface area is 380 Å². The summed E-state index contributed by atoms with van der Waals surface area (Å²) >= 11 is 2.71. The molecular weight excluding hydrogens is 849 g/mol. The molecule has 1 aliphatic rings. The van der Waals surface area contributed by atoms with Gasteiger partial charge in [0.2, 0.25) is 11.7 Å². The monoisotopic (exact) mass is 896 g/mol. The molecule has 0 radical (unpaired) electrons. The fraction of sp³-hybridized carbons (Fsp3) is 0.200. The quantitative estimate of drug-likeness (QED) is 0.0460. The number of benzene rings is 5. The van der Waals surface area contributed by atoms with E-state index in [2.05, 4.69) is 33.0 Å². The second kappa shape index (κ2) is 21.5. The summed E-state index contributed by atoms with van der Waals surface area (Å²) in [5, 5.41) is 8.52. The van der Waals surface area contributed by atoms with Gasteiger partial charge >= 0.3 is 5.97 Å². The Kier molecular flexibility index (Phi) is 15.2. The van der Waals surface area contributed by atoms with E-state index >= 15 is 0 Å². The molecule has 0 bridgehead atoms. The third kappa shape index (κ3) is 11.0. The number of nitrogens with one attached hydrogen (secondary N) is 3. The highest BCUT2D eigenvalue weighted by Gasteiger charge is 2.32. The number of hydrogen-bond donors (Lipinski definition) is 3. The predicted molar refractivity (Wildman–Crippen MR) is 251 cm³/mol. The van der Waals surface area contributed by atoms with Crippen LogP contribution >= 0.6 is 23.1 Å². The number of methoxy groups -OCH3 is 3. The molecular formula is C50H48N4O8S2. The average molecular weight is 897 g/mol. The molecule has 0 fully saturated rings. The Balaban J connectivity index is 1.15. The molecule has 7 rings (SSSR count). The van der Waals surface area contributed by atoms with Gasteiger partial charge in [-0.05, 0) is 84.1 Å². The van der Waals surface area contributed by atoms with Crippen molar-refractivity contribution >= 4 is 63.6 Å². The van der Waals surface area contributed by atoms with Gasteiger partial charge in [0, 0.05) is 40.7 Å². The fourth-order valence-corrected chi connectivity index (χ4v) is 9.66. The third-order valence-electron chi connectivity index (χ3n) is 10.3.